The Morgan fingerprint density at radius 3 is 2.82 bits per heavy atom. The molecular weight excluding hydrogens is 218 g/mol. The van der Waals surface area contributed by atoms with Crippen LogP contribution < -0.4 is 16.8 Å². The van der Waals surface area contributed by atoms with Crippen LogP contribution in [0, 0.1) is 0 Å². The van der Waals surface area contributed by atoms with Crippen molar-refractivity contribution in [1.82, 2.24) is 15.3 Å². The molecular formula is C11H13N5O. The number of benzene rings is 1. The van der Waals surface area contributed by atoms with E-state index < -0.39 is 0 Å². The number of carbonyl (C=O) groups excluding carboxylic acids is 1. The summed E-state index contributed by atoms with van der Waals surface area (Å²) in [5.74, 6) is 0.428. The molecule has 17 heavy (non-hydrogen) atoms. The van der Waals surface area contributed by atoms with Crippen molar-refractivity contribution in [2.45, 2.75) is 13.5 Å². The summed E-state index contributed by atoms with van der Waals surface area (Å²) in [6.45, 7) is 1.92. The lowest BCUT2D eigenvalue weighted by Gasteiger charge is -2.06. The number of nitrogens with one attached hydrogen (secondary N) is 1. The SMILES string of the molecule is CC(=O)NCc1ccc2c(N)nc(N)nc2c1. The van der Waals surface area contributed by atoms with Crippen LogP contribution in [0.1, 0.15) is 12.5 Å². The van der Waals surface area contributed by atoms with Gasteiger partial charge in [0.25, 0.3) is 0 Å². The van der Waals surface area contributed by atoms with Crippen LogP contribution in [0.25, 0.3) is 10.9 Å². The molecule has 1 aromatic heterocycles. The molecule has 0 spiro atoms. The molecule has 88 valence electrons. The first-order valence-corrected chi connectivity index (χ1v) is 5.12. The van der Waals surface area contributed by atoms with E-state index in [1.807, 2.05) is 18.2 Å². The summed E-state index contributed by atoms with van der Waals surface area (Å²) < 4.78 is 0. The van der Waals surface area contributed by atoms with E-state index >= 15 is 0 Å². The van der Waals surface area contributed by atoms with Crippen molar-refractivity contribution in [3.63, 3.8) is 0 Å². The molecule has 0 aliphatic heterocycles. The molecule has 0 bridgehead atoms. The fourth-order valence-electron chi connectivity index (χ4n) is 1.55. The number of hydrogen-bond acceptors (Lipinski definition) is 5. The molecule has 6 nitrogen and oxygen atoms in total. The van der Waals surface area contributed by atoms with Crippen molar-refractivity contribution in [2.75, 3.05) is 11.5 Å². The number of rotatable bonds is 2. The van der Waals surface area contributed by atoms with Crippen molar-refractivity contribution in [3.05, 3.63) is 23.8 Å². The van der Waals surface area contributed by atoms with Gasteiger partial charge >= 0.3 is 0 Å². The van der Waals surface area contributed by atoms with Crippen LogP contribution in [0.15, 0.2) is 18.2 Å². The van der Waals surface area contributed by atoms with Gasteiger partial charge in [0.1, 0.15) is 5.82 Å². The van der Waals surface area contributed by atoms with Crippen LogP contribution >= 0.6 is 0 Å². The predicted octanol–water partition coefficient (Wildman–Crippen LogP) is 0.430. The lowest BCUT2D eigenvalue weighted by atomic mass is 10.1. The van der Waals surface area contributed by atoms with Gasteiger partial charge in [-0.2, -0.15) is 4.98 Å². The van der Waals surface area contributed by atoms with Crippen LogP contribution in [-0.4, -0.2) is 15.9 Å². The Morgan fingerprint density at radius 1 is 1.35 bits per heavy atom. The third-order valence-electron chi connectivity index (χ3n) is 2.35. The third-order valence-corrected chi connectivity index (χ3v) is 2.35. The standard InChI is InChI=1S/C11H13N5O/c1-6(17)14-5-7-2-3-8-9(4-7)15-11(13)16-10(8)12/h2-4H,5H2,1H3,(H,14,17)(H4,12,13,15,16). The molecule has 5 N–H and O–H groups in total. The number of nitrogens with two attached hydrogens (primary N) is 2. The molecule has 1 amide bonds. The molecule has 0 saturated carbocycles. The average Bonchev–Trinajstić information content (AvgIpc) is 2.25. The van der Waals surface area contributed by atoms with Gasteiger partial charge < -0.3 is 16.8 Å². The molecule has 2 rings (SSSR count). The molecule has 0 radical (unpaired) electrons. The summed E-state index contributed by atoms with van der Waals surface area (Å²) in [5, 5.41) is 3.47. The number of hydrogen-bond donors (Lipinski definition) is 3. The predicted molar refractivity (Wildman–Crippen MR) is 65.9 cm³/mol. The van der Waals surface area contributed by atoms with E-state index in [2.05, 4.69) is 15.3 Å². The summed E-state index contributed by atoms with van der Waals surface area (Å²) in [6.07, 6.45) is 0. The fourth-order valence-corrected chi connectivity index (χ4v) is 1.55. The van der Waals surface area contributed by atoms with Crippen LogP contribution in [0.2, 0.25) is 0 Å². The molecule has 0 unspecified atom stereocenters. The maximum Gasteiger partial charge on any atom is 0.222 e. The number of aromatic nitrogens is 2. The van der Waals surface area contributed by atoms with Crippen molar-refractivity contribution >= 4 is 28.6 Å². The van der Waals surface area contributed by atoms with Crippen molar-refractivity contribution in [3.8, 4) is 0 Å². The highest BCUT2D eigenvalue weighted by Crippen LogP contribution is 2.19. The highest BCUT2D eigenvalue weighted by Gasteiger charge is 2.04. The number of anilines is 2. The molecule has 6 heteroatoms. The Morgan fingerprint density at radius 2 is 2.12 bits per heavy atom. The third kappa shape index (κ3) is 2.41. The minimum absolute atomic E-state index is 0.0770. The second-order valence-corrected chi connectivity index (χ2v) is 3.73. The van der Waals surface area contributed by atoms with Crippen LogP contribution in [-0.2, 0) is 11.3 Å². The summed E-state index contributed by atoms with van der Waals surface area (Å²) >= 11 is 0. The van der Waals surface area contributed by atoms with Crippen LogP contribution in [0.5, 0.6) is 0 Å². The van der Waals surface area contributed by atoms with E-state index in [4.69, 9.17) is 11.5 Å². The second-order valence-electron chi connectivity index (χ2n) is 3.73. The highest BCUT2D eigenvalue weighted by atomic mass is 16.1. The normalized spacial score (nSPS) is 10.4. The van der Waals surface area contributed by atoms with Gasteiger partial charge in [0, 0.05) is 18.9 Å². The zero-order valence-electron chi connectivity index (χ0n) is 9.40. The van der Waals surface area contributed by atoms with Crippen molar-refractivity contribution < 1.29 is 4.79 Å². The van der Waals surface area contributed by atoms with E-state index in [9.17, 15) is 4.79 Å². The highest BCUT2D eigenvalue weighted by molar-refractivity contribution is 5.89. The van der Waals surface area contributed by atoms with Crippen LogP contribution in [0.3, 0.4) is 0 Å². The van der Waals surface area contributed by atoms with Crippen molar-refractivity contribution in [2.24, 2.45) is 0 Å². The maximum atomic E-state index is 10.8. The zero-order valence-corrected chi connectivity index (χ0v) is 9.40. The van der Waals surface area contributed by atoms with E-state index in [0.29, 0.717) is 17.9 Å². The van der Waals surface area contributed by atoms with E-state index in [-0.39, 0.29) is 11.9 Å². The Bertz CT molecular complexity index is 581. The van der Waals surface area contributed by atoms with Gasteiger partial charge in [0.15, 0.2) is 0 Å². The first-order chi connectivity index (χ1) is 8.06. The first-order valence-electron chi connectivity index (χ1n) is 5.12. The second kappa shape index (κ2) is 4.25. The fraction of sp³-hybridized carbons (Fsp3) is 0.182. The van der Waals surface area contributed by atoms with Gasteiger partial charge in [-0.1, -0.05) is 6.07 Å². The summed E-state index contributed by atoms with van der Waals surface area (Å²) in [7, 11) is 0. The molecule has 1 aromatic carbocycles. The lowest BCUT2D eigenvalue weighted by molar-refractivity contribution is -0.119. The number of fused-ring (bicyclic) bond motifs is 1. The topological polar surface area (TPSA) is 107 Å². The number of nitrogen functional groups attached to an aromatic ring is 2. The monoisotopic (exact) mass is 231 g/mol. The average molecular weight is 231 g/mol. The Labute approximate surface area is 98.0 Å². The molecule has 0 aliphatic rings. The molecule has 0 aliphatic carbocycles. The molecule has 0 atom stereocenters. The molecule has 0 saturated heterocycles. The molecule has 0 fully saturated rings. The van der Waals surface area contributed by atoms with Gasteiger partial charge in [-0.3, -0.25) is 4.79 Å². The van der Waals surface area contributed by atoms with Gasteiger partial charge in [0.05, 0.1) is 5.52 Å². The van der Waals surface area contributed by atoms with Gasteiger partial charge in [-0.25, -0.2) is 4.98 Å². The quantitative estimate of drug-likeness (QED) is 0.694. The van der Waals surface area contributed by atoms with Gasteiger partial charge in [-0.05, 0) is 17.7 Å². The van der Waals surface area contributed by atoms with E-state index in [0.717, 1.165) is 10.9 Å². The summed E-state index contributed by atoms with van der Waals surface area (Å²) in [6, 6.07) is 5.52. The number of nitrogens with zero attached hydrogens (tertiary/aromatic N) is 2. The summed E-state index contributed by atoms with van der Waals surface area (Å²) in [4.78, 5) is 18.8. The maximum absolute atomic E-state index is 10.8. The largest absolute Gasteiger partial charge is 0.383 e. The lowest BCUT2D eigenvalue weighted by Crippen LogP contribution is -2.18. The Balaban J connectivity index is 2.39. The summed E-state index contributed by atoms with van der Waals surface area (Å²) in [5.41, 5.74) is 12.9. The smallest absolute Gasteiger partial charge is 0.222 e. The van der Waals surface area contributed by atoms with Gasteiger partial charge in [-0.15, -0.1) is 0 Å². The molecule has 2 aromatic rings. The number of amides is 1. The zero-order chi connectivity index (χ0) is 12.4. The Kier molecular flexibility index (Phi) is 2.78. The van der Waals surface area contributed by atoms with Crippen molar-refractivity contribution in [1.29, 1.82) is 0 Å². The minimum Gasteiger partial charge on any atom is -0.383 e. The minimum atomic E-state index is -0.0770. The number of carbonyl (C=O) groups is 1. The molecule has 1 heterocycles. The van der Waals surface area contributed by atoms with E-state index in [1.54, 1.807) is 0 Å². The van der Waals surface area contributed by atoms with Gasteiger partial charge in [0.2, 0.25) is 11.9 Å². The van der Waals surface area contributed by atoms with Crippen LogP contribution in [0.4, 0.5) is 11.8 Å². The Hall–Kier alpha value is -2.37. The first kappa shape index (κ1) is 11.1. The van der Waals surface area contributed by atoms with E-state index in [1.165, 1.54) is 6.92 Å².